The fourth-order valence-corrected chi connectivity index (χ4v) is 4.46. The van der Waals surface area contributed by atoms with Gasteiger partial charge in [-0.05, 0) is 42.5 Å². The van der Waals surface area contributed by atoms with Crippen LogP contribution in [0.3, 0.4) is 0 Å². The van der Waals surface area contributed by atoms with Crippen LogP contribution in [0.4, 0.5) is 5.69 Å². The van der Waals surface area contributed by atoms with E-state index < -0.39 is 10.0 Å². The molecule has 6 nitrogen and oxygen atoms in total. The Morgan fingerprint density at radius 2 is 1.81 bits per heavy atom. The second-order valence-corrected chi connectivity index (χ2v) is 7.96. The lowest BCUT2D eigenvalue weighted by molar-refractivity contribution is 0.333. The maximum Gasteiger partial charge on any atom is 0.244 e. The van der Waals surface area contributed by atoms with Crippen molar-refractivity contribution in [2.24, 2.45) is 0 Å². The molecule has 0 aliphatic heterocycles. The average molecular weight is 408 g/mol. The standard InChI is InChI=1S/C19H22ClN3O3S/c1-3-23(4-2)27(24,25)19-13-16(7-10-18(19)20)22-11-12-26-17-8-5-15(14-21)6-9-17/h5-10,13,22H,3-4,11-12H2,1-2H3. The zero-order valence-corrected chi connectivity index (χ0v) is 16.8. The van der Waals surface area contributed by atoms with E-state index in [4.69, 9.17) is 21.6 Å². The largest absolute Gasteiger partial charge is 0.492 e. The molecular formula is C19H22ClN3O3S. The van der Waals surface area contributed by atoms with E-state index in [1.54, 1.807) is 50.2 Å². The smallest absolute Gasteiger partial charge is 0.244 e. The first-order valence-corrected chi connectivity index (χ1v) is 10.4. The molecule has 0 unspecified atom stereocenters. The number of nitrogens with one attached hydrogen (secondary N) is 1. The molecular weight excluding hydrogens is 386 g/mol. The van der Waals surface area contributed by atoms with Gasteiger partial charge in [-0.2, -0.15) is 9.57 Å². The van der Waals surface area contributed by atoms with Crippen LogP contribution >= 0.6 is 11.6 Å². The van der Waals surface area contributed by atoms with Crippen molar-refractivity contribution in [1.82, 2.24) is 4.31 Å². The van der Waals surface area contributed by atoms with Crippen LogP contribution in [0.25, 0.3) is 0 Å². The van der Waals surface area contributed by atoms with Crippen LogP contribution in [0.15, 0.2) is 47.4 Å². The van der Waals surface area contributed by atoms with Gasteiger partial charge in [-0.15, -0.1) is 0 Å². The molecule has 144 valence electrons. The third-order valence-corrected chi connectivity index (χ3v) is 6.47. The summed E-state index contributed by atoms with van der Waals surface area (Å²) < 4.78 is 32.4. The molecule has 0 amide bonds. The highest BCUT2D eigenvalue weighted by atomic mass is 35.5. The maximum atomic E-state index is 12.7. The topological polar surface area (TPSA) is 82.4 Å². The van der Waals surface area contributed by atoms with Gasteiger partial charge in [0.05, 0.1) is 16.7 Å². The Hall–Kier alpha value is -2.27. The first-order chi connectivity index (χ1) is 12.9. The molecule has 2 aromatic rings. The minimum Gasteiger partial charge on any atom is -0.492 e. The number of ether oxygens (including phenoxy) is 1. The number of anilines is 1. The Morgan fingerprint density at radius 1 is 1.15 bits per heavy atom. The van der Waals surface area contributed by atoms with E-state index >= 15 is 0 Å². The summed E-state index contributed by atoms with van der Waals surface area (Å²) in [6.07, 6.45) is 0. The molecule has 27 heavy (non-hydrogen) atoms. The van der Waals surface area contributed by atoms with E-state index in [9.17, 15) is 8.42 Å². The minimum absolute atomic E-state index is 0.0888. The van der Waals surface area contributed by atoms with Crippen LogP contribution in [0, 0.1) is 11.3 Å². The lowest BCUT2D eigenvalue weighted by atomic mass is 10.2. The molecule has 8 heteroatoms. The summed E-state index contributed by atoms with van der Waals surface area (Å²) in [6.45, 7) is 5.20. The summed E-state index contributed by atoms with van der Waals surface area (Å²) in [4.78, 5) is 0.0888. The Morgan fingerprint density at radius 3 is 2.41 bits per heavy atom. The predicted octanol–water partition coefficient (Wildman–Crippen LogP) is 3.73. The van der Waals surface area contributed by atoms with E-state index in [0.717, 1.165) is 0 Å². The molecule has 0 aromatic heterocycles. The summed E-state index contributed by atoms with van der Waals surface area (Å²) in [5, 5.41) is 12.1. The summed E-state index contributed by atoms with van der Waals surface area (Å²) in [6, 6.07) is 13.7. The van der Waals surface area contributed by atoms with Crippen molar-refractivity contribution in [2.45, 2.75) is 18.7 Å². The number of rotatable bonds is 9. The van der Waals surface area contributed by atoms with Crippen LogP contribution in [0.2, 0.25) is 5.02 Å². The van der Waals surface area contributed by atoms with Gasteiger partial charge in [0, 0.05) is 25.3 Å². The van der Waals surface area contributed by atoms with Gasteiger partial charge in [-0.3, -0.25) is 0 Å². The summed E-state index contributed by atoms with van der Waals surface area (Å²) in [7, 11) is -3.63. The van der Waals surface area contributed by atoms with Crippen molar-refractivity contribution in [3.63, 3.8) is 0 Å². The van der Waals surface area contributed by atoms with E-state index in [1.165, 1.54) is 10.4 Å². The van der Waals surface area contributed by atoms with Gasteiger partial charge in [-0.25, -0.2) is 8.42 Å². The van der Waals surface area contributed by atoms with Gasteiger partial charge in [0.15, 0.2) is 0 Å². The predicted molar refractivity (Wildman–Crippen MR) is 107 cm³/mol. The molecule has 0 saturated carbocycles. The maximum absolute atomic E-state index is 12.7. The number of benzene rings is 2. The third-order valence-electron chi connectivity index (χ3n) is 3.94. The Labute approximate surface area is 165 Å². The Bertz CT molecular complexity index is 905. The molecule has 0 fully saturated rings. The summed E-state index contributed by atoms with van der Waals surface area (Å²) in [5.74, 6) is 0.664. The van der Waals surface area contributed by atoms with Crippen molar-refractivity contribution in [2.75, 3.05) is 31.6 Å². The van der Waals surface area contributed by atoms with Crippen molar-refractivity contribution in [3.8, 4) is 11.8 Å². The molecule has 1 N–H and O–H groups in total. The fraction of sp³-hybridized carbons (Fsp3) is 0.316. The normalized spacial score (nSPS) is 11.2. The second kappa shape index (κ2) is 9.60. The SMILES string of the molecule is CCN(CC)S(=O)(=O)c1cc(NCCOc2ccc(C#N)cc2)ccc1Cl. The number of sulfonamides is 1. The Kier molecular flexibility index (Phi) is 7.48. The van der Waals surface area contributed by atoms with E-state index in [2.05, 4.69) is 5.32 Å². The highest BCUT2D eigenvalue weighted by molar-refractivity contribution is 7.89. The van der Waals surface area contributed by atoms with Crippen LogP contribution in [0.5, 0.6) is 5.75 Å². The molecule has 0 spiro atoms. The Balaban J connectivity index is 2.00. The first-order valence-electron chi connectivity index (χ1n) is 8.59. The van der Waals surface area contributed by atoms with Crippen molar-refractivity contribution in [3.05, 3.63) is 53.1 Å². The molecule has 0 atom stereocenters. The van der Waals surface area contributed by atoms with Gasteiger partial charge in [0.1, 0.15) is 17.3 Å². The lowest BCUT2D eigenvalue weighted by Gasteiger charge is -2.20. The molecule has 0 aliphatic rings. The van der Waals surface area contributed by atoms with Crippen LogP contribution in [-0.4, -0.2) is 39.0 Å². The van der Waals surface area contributed by atoms with Crippen molar-refractivity contribution in [1.29, 1.82) is 5.26 Å². The average Bonchev–Trinajstić information content (AvgIpc) is 2.67. The van der Waals surface area contributed by atoms with E-state index in [0.29, 0.717) is 43.2 Å². The van der Waals surface area contributed by atoms with Gasteiger partial charge in [0.2, 0.25) is 10.0 Å². The third kappa shape index (κ3) is 5.36. The molecule has 0 aliphatic carbocycles. The highest BCUT2D eigenvalue weighted by Crippen LogP contribution is 2.27. The lowest BCUT2D eigenvalue weighted by Crippen LogP contribution is -2.30. The zero-order valence-electron chi connectivity index (χ0n) is 15.3. The number of hydrogen-bond donors (Lipinski definition) is 1. The van der Waals surface area contributed by atoms with E-state index in [1.807, 2.05) is 6.07 Å². The van der Waals surface area contributed by atoms with Crippen LogP contribution < -0.4 is 10.1 Å². The highest BCUT2D eigenvalue weighted by Gasteiger charge is 2.24. The molecule has 0 bridgehead atoms. The number of hydrogen-bond acceptors (Lipinski definition) is 5. The summed E-state index contributed by atoms with van der Waals surface area (Å²) in [5.41, 5.74) is 1.22. The number of nitriles is 1. The fourth-order valence-electron chi connectivity index (χ4n) is 2.50. The quantitative estimate of drug-likeness (QED) is 0.640. The van der Waals surface area contributed by atoms with Crippen molar-refractivity contribution < 1.29 is 13.2 Å². The number of halogens is 1. The zero-order chi connectivity index (χ0) is 19.9. The van der Waals surface area contributed by atoms with Gasteiger partial charge in [-0.1, -0.05) is 25.4 Å². The monoisotopic (exact) mass is 407 g/mol. The molecule has 2 rings (SSSR count). The van der Waals surface area contributed by atoms with Crippen molar-refractivity contribution >= 4 is 27.3 Å². The van der Waals surface area contributed by atoms with E-state index in [-0.39, 0.29) is 9.92 Å². The molecule has 0 saturated heterocycles. The van der Waals surface area contributed by atoms with Crippen LogP contribution in [-0.2, 0) is 10.0 Å². The molecule has 2 aromatic carbocycles. The number of nitrogens with zero attached hydrogens (tertiary/aromatic N) is 2. The van der Waals surface area contributed by atoms with Gasteiger partial charge < -0.3 is 10.1 Å². The van der Waals surface area contributed by atoms with Crippen LogP contribution in [0.1, 0.15) is 19.4 Å². The molecule has 0 radical (unpaired) electrons. The molecule has 0 heterocycles. The van der Waals surface area contributed by atoms with Gasteiger partial charge in [0.25, 0.3) is 0 Å². The second-order valence-electron chi connectivity index (χ2n) is 5.65. The van der Waals surface area contributed by atoms with Gasteiger partial charge >= 0.3 is 0 Å². The first kappa shape index (κ1) is 21.0. The minimum atomic E-state index is -3.63. The summed E-state index contributed by atoms with van der Waals surface area (Å²) >= 11 is 6.12.